The van der Waals surface area contributed by atoms with Gasteiger partial charge in [0.25, 0.3) is 15.9 Å². The highest BCUT2D eigenvalue weighted by Crippen LogP contribution is 2.40. The second-order valence-electron chi connectivity index (χ2n) is 6.60. The van der Waals surface area contributed by atoms with Crippen molar-refractivity contribution in [1.82, 2.24) is 0 Å². The smallest absolute Gasteiger partial charge is 0.262 e. The van der Waals surface area contributed by atoms with E-state index in [1.165, 1.54) is 19.1 Å². The summed E-state index contributed by atoms with van der Waals surface area (Å²) in [5.74, 6) is -0.274. The maximum atomic E-state index is 13.1. The molecule has 1 aliphatic rings. The largest absolute Gasteiger partial charge is 0.308 e. The minimum Gasteiger partial charge on any atom is -0.308 e. The maximum absolute atomic E-state index is 13.1. The van der Waals surface area contributed by atoms with Gasteiger partial charge in [-0.3, -0.25) is 14.3 Å². The average molecular weight is 394 g/mol. The van der Waals surface area contributed by atoms with Gasteiger partial charge in [-0.05, 0) is 44.2 Å². The van der Waals surface area contributed by atoms with E-state index in [0.717, 1.165) is 5.69 Å². The monoisotopic (exact) mass is 394 g/mol. The first-order valence-electron chi connectivity index (χ1n) is 8.85. The van der Waals surface area contributed by atoms with Crippen molar-refractivity contribution in [3.8, 4) is 0 Å². The summed E-state index contributed by atoms with van der Waals surface area (Å²) in [6.45, 7) is 3.81. The van der Waals surface area contributed by atoms with Crippen LogP contribution in [0.1, 0.15) is 34.6 Å². The number of carbonyl (C=O) groups excluding carboxylic acids is 2. The zero-order chi connectivity index (χ0) is 20.1. The molecular weight excluding hydrogens is 376 g/mol. The van der Waals surface area contributed by atoms with E-state index >= 15 is 0 Å². The molecular formula is C21H18N2O4S. The summed E-state index contributed by atoms with van der Waals surface area (Å²) < 4.78 is 28.7. The van der Waals surface area contributed by atoms with E-state index in [4.69, 9.17) is 0 Å². The first-order chi connectivity index (χ1) is 13.3. The number of nitrogens with zero attached hydrogens (tertiary/aromatic N) is 1. The van der Waals surface area contributed by atoms with E-state index < -0.39 is 10.0 Å². The van der Waals surface area contributed by atoms with E-state index in [0.29, 0.717) is 34.1 Å². The molecule has 3 aromatic rings. The Morgan fingerprint density at radius 1 is 1.07 bits per heavy atom. The lowest BCUT2D eigenvalue weighted by atomic mass is 10.1. The summed E-state index contributed by atoms with van der Waals surface area (Å²) in [5.41, 5.74) is 1.95. The Balaban J connectivity index is 1.84. The quantitative estimate of drug-likeness (QED) is 0.667. The van der Waals surface area contributed by atoms with Gasteiger partial charge in [-0.15, -0.1) is 0 Å². The fourth-order valence-corrected chi connectivity index (χ4v) is 4.83. The summed E-state index contributed by atoms with van der Waals surface area (Å²) in [4.78, 5) is 25.9. The topological polar surface area (TPSA) is 83.6 Å². The SMILES string of the molecule is CCN1C(=O)c2cccc3c(S(=O)(=O)Nc4cccc(C(C)=O)c4)ccc1c23. The molecule has 0 aromatic heterocycles. The molecule has 0 atom stereocenters. The molecule has 142 valence electrons. The molecule has 0 bridgehead atoms. The molecule has 6 nitrogen and oxygen atoms in total. The first-order valence-corrected chi connectivity index (χ1v) is 10.3. The van der Waals surface area contributed by atoms with Gasteiger partial charge in [0, 0.05) is 34.1 Å². The molecule has 0 aliphatic carbocycles. The molecule has 4 rings (SSSR count). The van der Waals surface area contributed by atoms with E-state index in [1.807, 2.05) is 6.92 Å². The zero-order valence-corrected chi connectivity index (χ0v) is 16.2. The Labute approximate surface area is 162 Å². The molecule has 0 spiro atoms. The Kier molecular flexibility index (Phi) is 4.19. The summed E-state index contributed by atoms with van der Waals surface area (Å²) in [6, 6.07) is 14.6. The van der Waals surface area contributed by atoms with Crippen molar-refractivity contribution in [2.75, 3.05) is 16.2 Å². The highest BCUT2D eigenvalue weighted by atomic mass is 32.2. The fraction of sp³-hybridized carbons (Fsp3) is 0.143. The highest BCUT2D eigenvalue weighted by Gasteiger charge is 2.31. The van der Waals surface area contributed by atoms with Crippen LogP contribution in [0.2, 0.25) is 0 Å². The predicted molar refractivity (Wildman–Crippen MR) is 109 cm³/mol. The minimum absolute atomic E-state index is 0.0899. The second kappa shape index (κ2) is 6.45. The van der Waals surface area contributed by atoms with Gasteiger partial charge in [0.2, 0.25) is 0 Å². The van der Waals surface area contributed by atoms with Crippen LogP contribution in [0.4, 0.5) is 11.4 Å². The zero-order valence-electron chi connectivity index (χ0n) is 15.4. The number of Topliss-reactive ketones (excluding diaryl/α,β-unsaturated/α-hetero) is 1. The third kappa shape index (κ3) is 2.75. The third-order valence-corrected chi connectivity index (χ3v) is 6.31. The number of rotatable bonds is 5. The number of amides is 1. The van der Waals surface area contributed by atoms with E-state index in [2.05, 4.69) is 4.72 Å². The van der Waals surface area contributed by atoms with Crippen molar-refractivity contribution in [1.29, 1.82) is 0 Å². The van der Waals surface area contributed by atoms with Crippen LogP contribution >= 0.6 is 0 Å². The van der Waals surface area contributed by atoms with Gasteiger partial charge in [0.05, 0.1) is 10.6 Å². The number of anilines is 2. The number of benzene rings is 3. The Bertz CT molecular complexity index is 1250. The lowest BCUT2D eigenvalue weighted by Gasteiger charge is -2.16. The number of ketones is 1. The van der Waals surface area contributed by atoms with Crippen molar-refractivity contribution in [2.24, 2.45) is 0 Å². The summed E-state index contributed by atoms with van der Waals surface area (Å²) in [6.07, 6.45) is 0. The number of hydrogen-bond acceptors (Lipinski definition) is 4. The third-order valence-electron chi connectivity index (χ3n) is 4.87. The van der Waals surface area contributed by atoms with Crippen LogP contribution in [-0.2, 0) is 10.0 Å². The number of sulfonamides is 1. The van der Waals surface area contributed by atoms with Crippen molar-refractivity contribution in [3.63, 3.8) is 0 Å². The van der Waals surface area contributed by atoms with Crippen molar-refractivity contribution < 1.29 is 18.0 Å². The van der Waals surface area contributed by atoms with Gasteiger partial charge >= 0.3 is 0 Å². The van der Waals surface area contributed by atoms with Crippen LogP contribution in [-0.4, -0.2) is 26.7 Å². The normalized spacial score (nSPS) is 13.2. The molecule has 1 N–H and O–H groups in total. The number of hydrogen-bond donors (Lipinski definition) is 1. The Morgan fingerprint density at radius 2 is 1.82 bits per heavy atom. The molecule has 1 aliphatic heterocycles. The fourth-order valence-electron chi connectivity index (χ4n) is 3.58. The molecule has 28 heavy (non-hydrogen) atoms. The first kappa shape index (κ1) is 18.2. The van der Waals surface area contributed by atoms with Crippen LogP contribution in [0.25, 0.3) is 10.8 Å². The summed E-state index contributed by atoms with van der Waals surface area (Å²) in [5, 5.41) is 1.14. The molecule has 0 saturated carbocycles. The minimum atomic E-state index is -3.92. The maximum Gasteiger partial charge on any atom is 0.262 e. The number of nitrogens with one attached hydrogen (secondary N) is 1. The van der Waals surface area contributed by atoms with Crippen molar-refractivity contribution in [3.05, 3.63) is 65.7 Å². The molecule has 0 radical (unpaired) electrons. The van der Waals surface area contributed by atoms with Gasteiger partial charge in [0.1, 0.15) is 0 Å². The average Bonchev–Trinajstić information content (AvgIpc) is 2.95. The van der Waals surface area contributed by atoms with Crippen LogP contribution in [0, 0.1) is 0 Å². The van der Waals surface area contributed by atoms with Gasteiger partial charge in [-0.2, -0.15) is 0 Å². The predicted octanol–water partition coefficient (Wildman–Crippen LogP) is 3.82. The molecule has 1 amide bonds. The van der Waals surface area contributed by atoms with Crippen LogP contribution in [0.3, 0.4) is 0 Å². The molecule has 0 unspecified atom stereocenters. The van der Waals surface area contributed by atoms with Gasteiger partial charge in [0.15, 0.2) is 5.78 Å². The van der Waals surface area contributed by atoms with Crippen LogP contribution in [0.15, 0.2) is 59.5 Å². The summed E-state index contributed by atoms with van der Waals surface area (Å²) >= 11 is 0. The summed E-state index contributed by atoms with van der Waals surface area (Å²) in [7, 11) is -3.92. The standard InChI is InChI=1S/C21H18N2O4S/c1-3-23-18-10-11-19(16-8-5-9-17(20(16)18)21(23)25)28(26,27)22-15-7-4-6-14(12-15)13(2)24/h4-12,22H,3H2,1-2H3. The van der Waals surface area contributed by atoms with E-state index in [9.17, 15) is 18.0 Å². The van der Waals surface area contributed by atoms with Gasteiger partial charge < -0.3 is 4.90 Å². The van der Waals surface area contributed by atoms with Crippen LogP contribution < -0.4 is 9.62 Å². The highest BCUT2D eigenvalue weighted by molar-refractivity contribution is 7.93. The lowest BCUT2D eigenvalue weighted by molar-refractivity contribution is 0.0991. The van der Waals surface area contributed by atoms with Crippen molar-refractivity contribution >= 4 is 43.9 Å². The number of carbonyl (C=O) groups is 2. The van der Waals surface area contributed by atoms with E-state index in [-0.39, 0.29) is 16.6 Å². The molecule has 3 aromatic carbocycles. The Hall–Kier alpha value is -3.19. The van der Waals surface area contributed by atoms with Gasteiger partial charge in [-0.25, -0.2) is 8.42 Å². The molecule has 0 fully saturated rings. The Morgan fingerprint density at radius 3 is 2.54 bits per heavy atom. The molecule has 7 heteroatoms. The van der Waals surface area contributed by atoms with Crippen molar-refractivity contribution in [2.45, 2.75) is 18.7 Å². The van der Waals surface area contributed by atoms with Crippen LogP contribution in [0.5, 0.6) is 0 Å². The lowest BCUT2D eigenvalue weighted by Crippen LogP contribution is -2.25. The van der Waals surface area contributed by atoms with E-state index in [1.54, 1.807) is 47.4 Å². The second-order valence-corrected chi connectivity index (χ2v) is 8.25. The molecule has 0 saturated heterocycles. The van der Waals surface area contributed by atoms with Gasteiger partial charge in [-0.1, -0.05) is 24.3 Å². The molecule has 1 heterocycles.